The van der Waals surface area contributed by atoms with E-state index in [9.17, 15) is 4.79 Å². The summed E-state index contributed by atoms with van der Waals surface area (Å²) in [5.41, 5.74) is 9.37. The summed E-state index contributed by atoms with van der Waals surface area (Å²) in [6.07, 6.45) is 1.76. The van der Waals surface area contributed by atoms with Crippen LogP contribution in [0, 0.1) is 0 Å². The van der Waals surface area contributed by atoms with Crippen molar-refractivity contribution in [1.29, 1.82) is 0 Å². The van der Waals surface area contributed by atoms with Gasteiger partial charge < -0.3 is 15.0 Å². The van der Waals surface area contributed by atoms with E-state index in [4.69, 9.17) is 10.5 Å². The Balaban J connectivity index is 2.07. The summed E-state index contributed by atoms with van der Waals surface area (Å²) < 4.78 is 7.30. The molecule has 0 spiro atoms. The summed E-state index contributed by atoms with van der Waals surface area (Å²) in [4.78, 5) is 16.6. The molecule has 2 aromatic heterocycles. The third kappa shape index (κ3) is 2.51. The predicted molar refractivity (Wildman–Crippen MR) is 80.9 cm³/mol. The van der Waals surface area contributed by atoms with Crippen LogP contribution in [0.1, 0.15) is 36.3 Å². The Bertz CT molecular complexity index is 689. The lowest BCUT2D eigenvalue weighted by Crippen LogP contribution is -2.16. The van der Waals surface area contributed by atoms with Crippen LogP contribution in [0.5, 0.6) is 0 Å². The molecule has 2 aromatic rings. The minimum atomic E-state index is -0.288. The van der Waals surface area contributed by atoms with E-state index in [1.165, 1.54) is 5.56 Å². The smallest absolute Gasteiger partial charge is 0.355 e. The van der Waals surface area contributed by atoms with Crippen molar-refractivity contribution in [3.05, 3.63) is 35.5 Å². The number of aromatic nitrogens is 2. The Labute approximate surface area is 123 Å². The summed E-state index contributed by atoms with van der Waals surface area (Å²) in [6, 6.07) is 7.57. The van der Waals surface area contributed by atoms with E-state index >= 15 is 0 Å². The highest BCUT2D eigenvalue weighted by Gasteiger charge is 2.22. The zero-order valence-electron chi connectivity index (χ0n) is 12.3. The van der Waals surface area contributed by atoms with Crippen LogP contribution in [-0.2, 0) is 17.7 Å². The fourth-order valence-electron chi connectivity index (χ4n) is 2.72. The second-order valence-corrected chi connectivity index (χ2v) is 5.56. The van der Waals surface area contributed by atoms with Gasteiger partial charge in [0.05, 0.1) is 17.5 Å². The molecule has 0 saturated heterocycles. The summed E-state index contributed by atoms with van der Waals surface area (Å²) >= 11 is 0. The number of nitrogens with zero attached hydrogens (tertiary/aromatic N) is 2. The number of fused-ring (bicyclic) bond motifs is 3. The van der Waals surface area contributed by atoms with Gasteiger partial charge in [-0.3, -0.25) is 0 Å². The number of anilines is 1. The topological polar surface area (TPSA) is 70.1 Å². The van der Waals surface area contributed by atoms with Gasteiger partial charge in [-0.25, -0.2) is 9.78 Å². The van der Waals surface area contributed by atoms with Crippen molar-refractivity contribution >= 4 is 11.8 Å². The number of rotatable bonds is 2. The van der Waals surface area contributed by atoms with Crippen molar-refractivity contribution in [2.24, 2.45) is 0 Å². The van der Waals surface area contributed by atoms with Gasteiger partial charge in [0.15, 0.2) is 0 Å². The Morgan fingerprint density at radius 1 is 1.33 bits per heavy atom. The van der Waals surface area contributed by atoms with Crippen LogP contribution in [0.15, 0.2) is 24.3 Å². The quantitative estimate of drug-likeness (QED) is 0.861. The van der Waals surface area contributed by atoms with Crippen molar-refractivity contribution < 1.29 is 9.53 Å². The van der Waals surface area contributed by atoms with Gasteiger partial charge in [0.25, 0.3) is 0 Å². The molecule has 5 nitrogen and oxygen atoms in total. The van der Waals surface area contributed by atoms with Crippen LogP contribution in [0.25, 0.3) is 11.4 Å². The van der Waals surface area contributed by atoms with Crippen molar-refractivity contribution in [3.8, 4) is 11.4 Å². The molecule has 5 heteroatoms. The number of carbonyl (C=O) groups is 1. The molecule has 1 aliphatic rings. The van der Waals surface area contributed by atoms with E-state index in [0.29, 0.717) is 11.5 Å². The van der Waals surface area contributed by atoms with Crippen LogP contribution in [0.3, 0.4) is 0 Å². The second-order valence-electron chi connectivity index (χ2n) is 5.56. The van der Waals surface area contributed by atoms with Gasteiger partial charge in [-0.2, -0.15) is 0 Å². The molecule has 3 heterocycles. The first-order valence-corrected chi connectivity index (χ1v) is 7.22. The van der Waals surface area contributed by atoms with E-state index in [2.05, 4.69) is 4.98 Å². The van der Waals surface area contributed by atoms with Gasteiger partial charge >= 0.3 is 5.97 Å². The second kappa shape index (κ2) is 5.24. The minimum absolute atomic E-state index is 0.129. The first kappa shape index (κ1) is 13.7. The average molecular weight is 285 g/mol. The van der Waals surface area contributed by atoms with Crippen LogP contribution in [0.2, 0.25) is 0 Å². The first-order chi connectivity index (χ1) is 10.1. The monoisotopic (exact) mass is 285 g/mol. The summed E-state index contributed by atoms with van der Waals surface area (Å²) in [5.74, 6) is 0.207. The number of pyridine rings is 1. The largest absolute Gasteiger partial charge is 0.458 e. The molecule has 0 aromatic carbocycles. The number of carbonyl (C=O) groups excluding carboxylic acids is 1. The summed E-state index contributed by atoms with van der Waals surface area (Å²) in [6.45, 7) is 4.48. The summed E-state index contributed by atoms with van der Waals surface area (Å²) in [7, 11) is 0. The van der Waals surface area contributed by atoms with Crippen molar-refractivity contribution in [2.45, 2.75) is 39.3 Å². The molecule has 110 valence electrons. The predicted octanol–water partition coefficient (Wildman–Crippen LogP) is 2.64. The molecule has 1 aliphatic heterocycles. The lowest BCUT2D eigenvalue weighted by molar-refractivity contribution is 0.0365. The number of nitrogen functional groups attached to an aromatic ring is 1. The van der Waals surface area contributed by atoms with Gasteiger partial charge in [0.2, 0.25) is 0 Å². The average Bonchev–Trinajstić information content (AvgIpc) is 2.75. The Morgan fingerprint density at radius 3 is 2.90 bits per heavy atom. The Morgan fingerprint density at radius 2 is 2.14 bits per heavy atom. The van der Waals surface area contributed by atoms with E-state index in [1.54, 1.807) is 6.07 Å². The van der Waals surface area contributed by atoms with Gasteiger partial charge in [-0.05, 0) is 50.5 Å². The van der Waals surface area contributed by atoms with Gasteiger partial charge in [-0.15, -0.1) is 0 Å². The van der Waals surface area contributed by atoms with Crippen molar-refractivity contribution in [1.82, 2.24) is 9.55 Å². The Hall–Kier alpha value is -2.30. The zero-order valence-corrected chi connectivity index (χ0v) is 12.3. The van der Waals surface area contributed by atoms with E-state index in [0.717, 1.165) is 30.8 Å². The van der Waals surface area contributed by atoms with Gasteiger partial charge in [0, 0.05) is 6.54 Å². The molecule has 2 N–H and O–H groups in total. The molecule has 0 amide bonds. The van der Waals surface area contributed by atoms with E-state index < -0.39 is 0 Å². The minimum Gasteiger partial charge on any atom is -0.458 e. The van der Waals surface area contributed by atoms with E-state index in [1.807, 2.05) is 36.6 Å². The molecule has 0 atom stereocenters. The molecule has 3 rings (SSSR count). The number of esters is 1. The fourth-order valence-corrected chi connectivity index (χ4v) is 2.72. The first-order valence-electron chi connectivity index (χ1n) is 7.22. The highest BCUT2D eigenvalue weighted by molar-refractivity contribution is 5.89. The van der Waals surface area contributed by atoms with Gasteiger partial charge in [-0.1, -0.05) is 6.07 Å². The highest BCUT2D eigenvalue weighted by Crippen LogP contribution is 2.30. The van der Waals surface area contributed by atoms with Crippen LogP contribution >= 0.6 is 0 Å². The van der Waals surface area contributed by atoms with Crippen molar-refractivity contribution in [2.75, 3.05) is 5.73 Å². The number of aryl methyl sites for hydroxylation is 1. The van der Waals surface area contributed by atoms with Crippen LogP contribution in [-0.4, -0.2) is 21.6 Å². The molecule has 0 bridgehead atoms. The number of ether oxygens (including phenoxy) is 1. The number of nitrogens with two attached hydrogens (primary N) is 1. The lowest BCUT2D eigenvalue weighted by atomic mass is 10.1. The molecule has 0 saturated carbocycles. The van der Waals surface area contributed by atoms with E-state index in [-0.39, 0.29) is 12.1 Å². The van der Waals surface area contributed by atoms with Crippen LogP contribution in [0.4, 0.5) is 5.82 Å². The van der Waals surface area contributed by atoms with Crippen LogP contribution < -0.4 is 5.73 Å². The molecule has 0 radical (unpaired) electrons. The fraction of sp³-hybridized carbons (Fsp3) is 0.375. The molecular formula is C16H19N3O2. The molecule has 0 unspecified atom stereocenters. The van der Waals surface area contributed by atoms with Gasteiger partial charge in [0.1, 0.15) is 11.5 Å². The molecule has 21 heavy (non-hydrogen) atoms. The lowest BCUT2D eigenvalue weighted by Gasteiger charge is -2.12. The maximum atomic E-state index is 12.2. The molecular weight excluding hydrogens is 266 g/mol. The third-order valence-electron chi connectivity index (χ3n) is 3.60. The normalized spacial score (nSPS) is 13.5. The summed E-state index contributed by atoms with van der Waals surface area (Å²) in [5, 5.41) is 0. The molecule has 0 aliphatic carbocycles. The number of hydrogen-bond donors (Lipinski definition) is 1. The highest BCUT2D eigenvalue weighted by atomic mass is 16.5. The maximum Gasteiger partial charge on any atom is 0.355 e. The number of hydrogen-bond acceptors (Lipinski definition) is 4. The Kier molecular flexibility index (Phi) is 3.41. The maximum absolute atomic E-state index is 12.2. The third-order valence-corrected chi connectivity index (χ3v) is 3.60. The SMILES string of the molecule is CC(C)OC(=O)c1ccc2n1CCCc1ccc(N)nc1-2. The standard InChI is InChI=1S/C16H19N3O2/c1-10(2)21-16(20)13-7-6-12-15-11(4-3-9-19(12)13)5-8-14(17)18-15/h5-8,10H,3-4,9H2,1-2H3,(H2,17,18). The molecule has 0 fully saturated rings. The van der Waals surface area contributed by atoms with Crippen molar-refractivity contribution in [3.63, 3.8) is 0 Å². The zero-order chi connectivity index (χ0) is 15.0.